The van der Waals surface area contributed by atoms with Crippen LogP contribution < -0.4 is 5.14 Å². The van der Waals surface area contributed by atoms with E-state index < -0.39 is 22.3 Å². The van der Waals surface area contributed by atoms with Crippen LogP contribution in [0.4, 0.5) is 4.79 Å². The second-order valence-corrected chi connectivity index (χ2v) is 6.39. The second-order valence-electron chi connectivity index (χ2n) is 4.83. The molecule has 7 heteroatoms. The molecule has 1 atom stereocenters. The summed E-state index contributed by atoms with van der Waals surface area (Å²) in [5.41, 5.74) is 0.652. The van der Waals surface area contributed by atoms with Crippen molar-refractivity contribution in [2.45, 2.75) is 31.8 Å². The Balaban J connectivity index is 2.64. The van der Waals surface area contributed by atoms with Gasteiger partial charge in [-0.1, -0.05) is 26.0 Å². The van der Waals surface area contributed by atoms with E-state index in [4.69, 9.17) is 14.6 Å². The molecule has 0 fully saturated rings. The van der Waals surface area contributed by atoms with Crippen molar-refractivity contribution < 1.29 is 22.7 Å². The van der Waals surface area contributed by atoms with Crippen LogP contribution in [0.15, 0.2) is 29.2 Å². The first-order valence-electron chi connectivity index (χ1n) is 6.16. The predicted octanol–water partition coefficient (Wildman–Crippen LogP) is 2.20. The third-order valence-corrected chi connectivity index (χ3v) is 3.41. The summed E-state index contributed by atoms with van der Waals surface area (Å²) >= 11 is 0. The van der Waals surface area contributed by atoms with E-state index in [1.807, 2.05) is 13.8 Å². The predicted molar refractivity (Wildman–Crippen MR) is 73.5 cm³/mol. The molecule has 1 aromatic carbocycles. The first-order valence-corrected chi connectivity index (χ1v) is 7.71. The van der Waals surface area contributed by atoms with Gasteiger partial charge in [0.25, 0.3) is 0 Å². The molecule has 0 heterocycles. The SMILES string of the molecule is CC(C)COC(=O)OC(C)c1ccc(S(N)(=O)=O)cc1. The van der Waals surface area contributed by atoms with Gasteiger partial charge >= 0.3 is 6.16 Å². The van der Waals surface area contributed by atoms with Gasteiger partial charge in [0.15, 0.2) is 0 Å². The number of ether oxygens (including phenoxy) is 2. The lowest BCUT2D eigenvalue weighted by molar-refractivity contribution is 0.0224. The van der Waals surface area contributed by atoms with Crippen molar-refractivity contribution in [2.75, 3.05) is 6.61 Å². The Hall–Kier alpha value is -1.60. The van der Waals surface area contributed by atoms with Crippen molar-refractivity contribution in [1.82, 2.24) is 0 Å². The molecule has 0 aliphatic carbocycles. The maximum atomic E-state index is 11.4. The molecule has 1 aromatic rings. The molecule has 2 N–H and O–H groups in total. The fourth-order valence-corrected chi connectivity index (χ4v) is 1.93. The van der Waals surface area contributed by atoms with E-state index in [2.05, 4.69) is 0 Å². The molecule has 0 bridgehead atoms. The van der Waals surface area contributed by atoms with Crippen molar-refractivity contribution >= 4 is 16.2 Å². The maximum Gasteiger partial charge on any atom is 0.508 e. The van der Waals surface area contributed by atoms with Gasteiger partial charge in [0.2, 0.25) is 10.0 Å². The molecule has 0 aliphatic rings. The first-order chi connectivity index (χ1) is 9.20. The summed E-state index contributed by atoms with van der Waals surface area (Å²) in [6.07, 6.45) is -1.29. The highest BCUT2D eigenvalue weighted by Crippen LogP contribution is 2.19. The largest absolute Gasteiger partial charge is 0.508 e. The van der Waals surface area contributed by atoms with E-state index in [0.29, 0.717) is 5.56 Å². The standard InChI is InChI=1S/C13H19NO5S/c1-9(2)8-18-13(15)19-10(3)11-4-6-12(7-5-11)20(14,16)17/h4-7,9-10H,8H2,1-3H3,(H2,14,16,17). The van der Waals surface area contributed by atoms with Crippen LogP contribution in [0.5, 0.6) is 0 Å². The van der Waals surface area contributed by atoms with Crippen molar-refractivity contribution in [3.8, 4) is 0 Å². The highest BCUT2D eigenvalue weighted by molar-refractivity contribution is 7.89. The van der Waals surface area contributed by atoms with Gasteiger partial charge < -0.3 is 9.47 Å². The number of benzene rings is 1. The van der Waals surface area contributed by atoms with Crippen molar-refractivity contribution in [3.63, 3.8) is 0 Å². The molecule has 0 saturated heterocycles. The Morgan fingerprint density at radius 2 is 1.75 bits per heavy atom. The normalized spacial score (nSPS) is 13.1. The molecule has 0 amide bonds. The zero-order valence-electron chi connectivity index (χ0n) is 11.7. The topological polar surface area (TPSA) is 95.7 Å². The quantitative estimate of drug-likeness (QED) is 0.841. The van der Waals surface area contributed by atoms with Crippen molar-refractivity contribution in [3.05, 3.63) is 29.8 Å². The number of primary sulfonamides is 1. The van der Waals surface area contributed by atoms with Gasteiger partial charge in [-0.2, -0.15) is 0 Å². The van der Waals surface area contributed by atoms with Crippen molar-refractivity contribution in [2.24, 2.45) is 11.1 Å². The average Bonchev–Trinajstić information content (AvgIpc) is 2.35. The Kier molecular flexibility index (Phi) is 5.52. The number of hydrogen-bond acceptors (Lipinski definition) is 5. The molecule has 0 saturated carbocycles. The summed E-state index contributed by atoms with van der Waals surface area (Å²) in [6, 6.07) is 5.81. The fraction of sp³-hybridized carbons (Fsp3) is 0.462. The lowest BCUT2D eigenvalue weighted by atomic mass is 10.1. The summed E-state index contributed by atoms with van der Waals surface area (Å²) in [5.74, 6) is 0.229. The minimum atomic E-state index is -3.72. The minimum Gasteiger partial charge on any atom is -0.434 e. The Morgan fingerprint density at radius 3 is 2.20 bits per heavy atom. The van der Waals surface area contributed by atoms with E-state index in [-0.39, 0.29) is 17.4 Å². The van der Waals surface area contributed by atoms with Gasteiger partial charge in [0, 0.05) is 0 Å². The first kappa shape index (κ1) is 16.5. The van der Waals surface area contributed by atoms with Crippen LogP contribution in [0.25, 0.3) is 0 Å². The molecule has 1 unspecified atom stereocenters. The van der Waals surface area contributed by atoms with Gasteiger partial charge in [0.05, 0.1) is 11.5 Å². The highest BCUT2D eigenvalue weighted by atomic mass is 32.2. The molecule has 20 heavy (non-hydrogen) atoms. The number of hydrogen-bond donors (Lipinski definition) is 1. The Bertz CT molecular complexity index is 551. The van der Waals surface area contributed by atoms with Crippen LogP contribution in [0.3, 0.4) is 0 Å². The number of carbonyl (C=O) groups excluding carboxylic acids is 1. The van der Waals surface area contributed by atoms with Crippen LogP contribution in [0.2, 0.25) is 0 Å². The summed E-state index contributed by atoms with van der Waals surface area (Å²) in [4.78, 5) is 11.4. The Labute approximate surface area is 118 Å². The number of nitrogens with two attached hydrogens (primary N) is 1. The zero-order chi connectivity index (χ0) is 15.3. The number of carbonyl (C=O) groups is 1. The van der Waals surface area contributed by atoms with Crippen LogP contribution in [-0.2, 0) is 19.5 Å². The molecular weight excluding hydrogens is 282 g/mol. The molecule has 0 aromatic heterocycles. The molecule has 1 rings (SSSR count). The second kappa shape index (κ2) is 6.71. The summed E-state index contributed by atoms with van der Waals surface area (Å²) in [5, 5.41) is 5.00. The van der Waals surface area contributed by atoms with Gasteiger partial charge in [-0.05, 0) is 30.5 Å². The smallest absolute Gasteiger partial charge is 0.434 e. The summed E-state index contributed by atoms with van der Waals surface area (Å²) in [6.45, 7) is 5.80. The van der Waals surface area contributed by atoms with Crippen LogP contribution >= 0.6 is 0 Å². The van der Waals surface area contributed by atoms with Crippen LogP contribution in [-0.4, -0.2) is 21.2 Å². The van der Waals surface area contributed by atoms with Crippen LogP contribution in [0, 0.1) is 5.92 Å². The third kappa shape index (κ3) is 5.18. The molecule has 0 spiro atoms. The van der Waals surface area contributed by atoms with Gasteiger partial charge in [0.1, 0.15) is 6.10 Å². The molecule has 0 aliphatic heterocycles. The highest BCUT2D eigenvalue weighted by Gasteiger charge is 2.14. The molecule has 0 radical (unpaired) electrons. The molecular formula is C13H19NO5S. The molecule has 6 nitrogen and oxygen atoms in total. The number of rotatable bonds is 5. The average molecular weight is 301 g/mol. The lowest BCUT2D eigenvalue weighted by Crippen LogP contribution is -2.14. The monoisotopic (exact) mass is 301 g/mol. The summed E-state index contributed by atoms with van der Waals surface area (Å²) < 4.78 is 32.2. The number of sulfonamides is 1. The van der Waals surface area contributed by atoms with Crippen molar-refractivity contribution in [1.29, 1.82) is 0 Å². The zero-order valence-corrected chi connectivity index (χ0v) is 12.5. The lowest BCUT2D eigenvalue weighted by Gasteiger charge is -2.14. The minimum absolute atomic E-state index is 0.0100. The van der Waals surface area contributed by atoms with E-state index in [1.165, 1.54) is 12.1 Å². The summed E-state index contributed by atoms with van der Waals surface area (Å²) in [7, 11) is -3.72. The molecule has 112 valence electrons. The van der Waals surface area contributed by atoms with E-state index in [1.54, 1.807) is 19.1 Å². The van der Waals surface area contributed by atoms with Crippen LogP contribution in [0.1, 0.15) is 32.4 Å². The van der Waals surface area contributed by atoms with Gasteiger partial charge in [-0.25, -0.2) is 18.4 Å². The van der Waals surface area contributed by atoms with E-state index >= 15 is 0 Å². The van der Waals surface area contributed by atoms with E-state index in [0.717, 1.165) is 0 Å². The maximum absolute atomic E-state index is 11.4. The Morgan fingerprint density at radius 1 is 1.20 bits per heavy atom. The fourth-order valence-electron chi connectivity index (χ4n) is 1.41. The van der Waals surface area contributed by atoms with Gasteiger partial charge in [-0.15, -0.1) is 0 Å². The van der Waals surface area contributed by atoms with Gasteiger partial charge in [-0.3, -0.25) is 0 Å². The van der Waals surface area contributed by atoms with E-state index in [9.17, 15) is 13.2 Å². The third-order valence-electron chi connectivity index (χ3n) is 2.49.